The van der Waals surface area contributed by atoms with E-state index in [-0.39, 0.29) is 35.1 Å². The SMILES string of the molecule is COC(=O)c1ccc(CN2C(=O)S/C(=C/c3cc(I)c(OCc4ccc(C(=O)O)cc4)c(I)c3)C2=O)o1. The molecule has 37 heavy (non-hydrogen) atoms. The molecule has 1 N–H and O–H groups in total. The Morgan fingerprint density at radius 1 is 1.08 bits per heavy atom. The summed E-state index contributed by atoms with van der Waals surface area (Å²) >= 11 is 5.10. The van der Waals surface area contributed by atoms with Crippen molar-refractivity contribution in [2.45, 2.75) is 13.2 Å². The number of methoxy groups -OCH3 is 1. The second kappa shape index (κ2) is 11.7. The molecule has 3 aromatic rings. The highest BCUT2D eigenvalue weighted by molar-refractivity contribution is 14.1. The maximum Gasteiger partial charge on any atom is 0.373 e. The molecule has 1 aliphatic rings. The van der Waals surface area contributed by atoms with Crippen LogP contribution in [-0.2, 0) is 22.7 Å². The number of nitrogens with zero attached hydrogens (tertiary/aromatic N) is 1. The van der Waals surface area contributed by atoms with Crippen molar-refractivity contribution in [1.82, 2.24) is 4.90 Å². The fourth-order valence-electron chi connectivity index (χ4n) is 3.32. The lowest BCUT2D eigenvalue weighted by atomic mass is 10.1. The zero-order valence-electron chi connectivity index (χ0n) is 19.0. The van der Waals surface area contributed by atoms with Crippen LogP contribution in [0.25, 0.3) is 6.08 Å². The third-order valence-corrected chi connectivity index (χ3v) is 7.65. The summed E-state index contributed by atoms with van der Waals surface area (Å²) in [5.74, 6) is -1.16. The molecule has 12 heteroatoms. The highest BCUT2D eigenvalue weighted by atomic mass is 127. The Morgan fingerprint density at radius 3 is 2.38 bits per heavy atom. The first-order valence-electron chi connectivity index (χ1n) is 10.5. The van der Waals surface area contributed by atoms with Crippen LogP contribution in [0, 0.1) is 7.14 Å². The number of carboxylic acid groups (broad SMARTS) is 1. The molecule has 1 fully saturated rings. The summed E-state index contributed by atoms with van der Waals surface area (Å²) in [6, 6.07) is 13.1. The molecule has 0 bridgehead atoms. The first-order valence-corrected chi connectivity index (χ1v) is 13.5. The van der Waals surface area contributed by atoms with E-state index in [0.717, 1.165) is 34.9 Å². The molecule has 0 spiro atoms. The Morgan fingerprint density at radius 2 is 1.76 bits per heavy atom. The van der Waals surface area contributed by atoms with Crippen molar-refractivity contribution in [3.05, 3.63) is 88.8 Å². The van der Waals surface area contributed by atoms with Crippen LogP contribution >= 0.6 is 56.9 Å². The number of halogens is 2. The predicted octanol–water partition coefficient (Wildman–Crippen LogP) is 5.79. The maximum absolute atomic E-state index is 12.9. The third-order valence-electron chi connectivity index (χ3n) is 5.14. The van der Waals surface area contributed by atoms with Crippen LogP contribution in [0.1, 0.15) is 37.8 Å². The largest absolute Gasteiger partial charge is 0.487 e. The molecule has 4 rings (SSSR count). The van der Waals surface area contributed by atoms with Crippen molar-refractivity contribution in [3.8, 4) is 5.75 Å². The number of carbonyl (C=O) groups excluding carboxylic acids is 3. The maximum atomic E-state index is 12.9. The molecule has 0 unspecified atom stereocenters. The lowest BCUT2D eigenvalue weighted by Crippen LogP contribution is -2.27. The van der Waals surface area contributed by atoms with E-state index >= 15 is 0 Å². The van der Waals surface area contributed by atoms with Crippen molar-refractivity contribution >= 4 is 86.1 Å². The second-order valence-corrected chi connectivity index (χ2v) is 10.9. The Bertz CT molecular complexity index is 1410. The van der Waals surface area contributed by atoms with E-state index in [9.17, 15) is 19.2 Å². The summed E-state index contributed by atoms with van der Waals surface area (Å²) in [5.41, 5.74) is 1.75. The van der Waals surface area contributed by atoms with Gasteiger partial charge in [-0.15, -0.1) is 0 Å². The van der Waals surface area contributed by atoms with Gasteiger partial charge in [0.1, 0.15) is 18.1 Å². The summed E-state index contributed by atoms with van der Waals surface area (Å²) in [4.78, 5) is 49.3. The van der Waals surface area contributed by atoms with Gasteiger partial charge in [0.15, 0.2) is 0 Å². The van der Waals surface area contributed by atoms with E-state index in [1.165, 1.54) is 31.4 Å². The van der Waals surface area contributed by atoms with Gasteiger partial charge in [-0.1, -0.05) is 12.1 Å². The smallest absolute Gasteiger partial charge is 0.373 e. The lowest BCUT2D eigenvalue weighted by Gasteiger charge is -2.12. The van der Waals surface area contributed by atoms with Crippen LogP contribution in [0.5, 0.6) is 5.75 Å². The van der Waals surface area contributed by atoms with E-state index in [1.807, 2.05) is 12.1 Å². The van der Waals surface area contributed by atoms with Crippen molar-refractivity contribution in [1.29, 1.82) is 0 Å². The number of furan rings is 1. The Hall–Kier alpha value is -2.85. The monoisotopic (exact) mass is 745 g/mol. The van der Waals surface area contributed by atoms with E-state index < -0.39 is 23.1 Å². The van der Waals surface area contributed by atoms with Crippen LogP contribution < -0.4 is 4.74 Å². The number of aromatic carboxylic acids is 1. The molecule has 2 amide bonds. The van der Waals surface area contributed by atoms with Crippen molar-refractivity contribution < 1.29 is 38.2 Å². The molecule has 0 radical (unpaired) electrons. The van der Waals surface area contributed by atoms with Gasteiger partial charge in [-0.25, -0.2) is 9.59 Å². The number of imide groups is 1. The number of ether oxygens (including phenoxy) is 2. The second-order valence-electron chi connectivity index (χ2n) is 7.63. The van der Waals surface area contributed by atoms with Gasteiger partial charge in [-0.05, 0) is 111 Å². The zero-order chi connectivity index (χ0) is 26.7. The molecule has 1 aromatic heterocycles. The van der Waals surface area contributed by atoms with E-state index in [2.05, 4.69) is 49.9 Å². The average molecular weight is 745 g/mol. The van der Waals surface area contributed by atoms with Crippen LogP contribution in [0.4, 0.5) is 4.79 Å². The fraction of sp³-hybridized carbons (Fsp3) is 0.120. The lowest BCUT2D eigenvalue weighted by molar-refractivity contribution is -0.123. The molecule has 2 aromatic carbocycles. The van der Waals surface area contributed by atoms with Gasteiger partial charge in [-0.3, -0.25) is 14.5 Å². The summed E-state index contributed by atoms with van der Waals surface area (Å²) in [6.45, 7) is 0.156. The predicted molar refractivity (Wildman–Crippen MR) is 151 cm³/mol. The highest BCUT2D eigenvalue weighted by Crippen LogP contribution is 2.36. The van der Waals surface area contributed by atoms with E-state index in [1.54, 1.807) is 18.2 Å². The quantitative estimate of drug-likeness (QED) is 0.174. The van der Waals surface area contributed by atoms with Crippen molar-refractivity contribution in [3.63, 3.8) is 0 Å². The molecule has 0 atom stereocenters. The van der Waals surface area contributed by atoms with Gasteiger partial charge in [-0.2, -0.15) is 0 Å². The first kappa shape index (κ1) is 27.2. The Balaban J connectivity index is 1.45. The minimum Gasteiger partial charge on any atom is -0.487 e. The number of hydrogen-bond acceptors (Lipinski definition) is 8. The molecule has 190 valence electrons. The normalized spacial score (nSPS) is 14.4. The van der Waals surface area contributed by atoms with Crippen LogP contribution in [-0.4, -0.2) is 40.2 Å². The highest BCUT2D eigenvalue weighted by Gasteiger charge is 2.36. The van der Waals surface area contributed by atoms with Gasteiger partial charge >= 0.3 is 11.9 Å². The van der Waals surface area contributed by atoms with Gasteiger partial charge < -0.3 is 19.0 Å². The van der Waals surface area contributed by atoms with E-state index in [4.69, 9.17) is 14.3 Å². The minimum atomic E-state index is -0.987. The topological polar surface area (TPSA) is 123 Å². The number of thioether (sulfide) groups is 1. The summed E-state index contributed by atoms with van der Waals surface area (Å²) < 4.78 is 17.6. The molecule has 1 aliphatic heterocycles. The molecule has 1 saturated heterocycles. The standard InChI is InChI=1S/C25H17I2NO8S/c1-34-24(32)19-7-6-16(36-19)11-28-22(29)20(37-25(28)33)10-14-8-17(26)21(18(27)9-14)35-12-13-2-4-15(5-3-13)23(30)31/h2-10H,11-12H2,1H3,(H,30,31)/b20-10+. The van der Waals surface area contributed by atoms with Crippen LogP contribution in [0.2, 0.25) is 0 Å². The minimum absolute atomic E-state index is 0.0104. The number of hydrogen-bond donors (Lipinski definition) is 1. The molecule has 2 heterocycles. The summed E-state index contributed by atoms with van der Waals surface area (Å²) in [5, 5.41) is 8.58. The molecule has 9 nitrogen and oxygen atoms in total. The van der Waals surface area contributed by atoms with E-state index in [0.29, 0.717) is 5.75 Å². The number of carboxylic acids is 1. The number of rotatable bonds is 8. The zero-order valence-corrected chi connectivity index (χ0v) is 24.2. The molecule has 0 saturated carbocycles. The van der Waals surface area contributed by atoms with Crippen molar-refractivity contribution in [2.24, 2.45) is 0 Å². The number of carbonyl (C=O) groups is 4. The molecular weight excluding hydrogens is 728 g/mol. The fourth-order valence-corrected chi connectivity index (χ4v) is 6.28. The summed E-state index contributed by atoms with van der Waals surface area (Å²) in [7, 11) is 1.23. The number of amides is 2. The number of benzene rings is 2. The van der Waals surface area contributed by atoms with Crippen LogP contribution in [0.15, 0.2) is 57.9 Å². The Labute approximate surface area is 242 Å². The van der Waals surface area contributed by atoms with Gasteiger partial charge in [0, 0.05) is 0 Å². The van der Waals surface area contributed by atoms with Gasteiger partial charge in [0.05, 0.1) is 31.3 Å². The number of esters is 1. The molecule has 0 aliphatic carbocycles. The average Bonchev–Trinajstić information content (AvgIpc) is 3.43. The third kappa shape index (κ3) is 6.35. The van der Waals surface area contributed by atoms with Crippen LogP contribution in [0.3, 0.4) is 0 Å². The summed E-state index contributed by atoms with van der Waals surface area (Å²) in [6.07, 6.45) is 1.64. The first-order chi connectivity index (χ1) is 17.7. The van der Waals surface area contributed by atoms with Gasteiger partial charge in [0.2, 0.25) is 5.76 Å². The molecular formula is C25H17I2NO8S. The van der Waals surface area contributed by atoms with Crippen molar-refractivity contribution in [2.75, 3.05) is 7.11 Å². The van der Waals surface area contributed by atoms with Gasteiger partial charge in [0.25, 0.3) is 11.1 Å². The Kier molecular flexibility index (Phi) is 8.59.